The maximum atomic E-state index is 4.99. The Kier molecular flexibility index (Phi) is 3.12. The molecule has 0 amide bonds. The van der Waals surface area contributed by atoms with E-state index in [2.05, 4.69) is 50.4 Å². The lowest BCUT2D eigenvalue weighted by molar-refractivity contribution is 0.470. The van der Waals surface area contributed by atoms with E-state index in [0.29, 0.717) is 12.1 Å². The Morgan fingerprint density at radius 3 is 2.74 bits per heavy atom. The third kappa shape index (κ3) is 2.41. The van der Waals surface area contributed by atoms with Crippen molar-refractivity contribution in [1.29, 1.82) is 0 Å². The highest BCUT2D eigenvalue weighted by Crippen LogP contribution is 2.35. The van der Waals surface area contributed by atoms with Crippen LogP contribution in [0.5, 0.6) is 0 Å². The van der Waals surface area contributed by atoms with E-state index in [0.717, 1.165) is 0 Å². The minimum atomic E-state index is 0.121. The molecule has 1 N–H and O–H groups in total. The van der Waals surface area contributed by atoms with Crippen LogP contribution < -0.4 is 5.32 Å². The number of benzene rings is 1. The smallest absolute Gasteiger partial charge is 0.103 e. The van der Waals surface area contributed by atoms with Crippen LogP contribution >= 0.6 is 0 Å². The van der Waals surface area contributed by atoms with E-state index in [4.69, 9.17) is 4.99 Å². The van der Waals surface area contributed by atoms with Crippen LogP contribution in [0.25, 0.3) is 0 Å². The van der Waals surface area contributed by atoms with Crippen molar-refractivity contribution in [3.8, 4) is 0 Å². The molecule has 1 aliphatic carbocycles. The zero-order chi connectivity index (χ0) is 13.5. The third-order valence-corrected chi connectivity index (χ3v) is 4.27. The van der Waals surface area contributed by atoms with Gasteiger partial charge in [-0.1, -0.05) is 51.5 Å². The minimum absolute atomic E-state index is 0.121. The molecule has 2 nitrogen and oxygen atoms in total. The van der Waals surface area contributed by atoms with Crippen LogP contribution in [0.2, 0.25) is 0 Å². The highest BCUT2D eigenvalue weighted by molar-refractivity contribution is 5.89. The first-order valence-corrected chi connectivity index (χ1v) is 7.48. The lowest BCUT2D eigenvalue weighted by atomic mass is 9.87. The summed E-state index contributed by atoms with van der Waals surface area (Å²) in [5.41, 5.74) is 3.10. The molecule has 0 saturated carbocycles. The second-order valence-electron chi connectivity index (χ2n) is 6.86. The molecule has 2 heteroatoms. The molecule has 2 aliphatic rings. The van der Waals surface area contributed by atoms with Gasteiger partial charge in [0, 0.05) is 5.41 Å². The van der Waals surface area contributed by atoms with E-state index < -0.39 is 0 Å². The van der Waals surface area contributed by atoms with Gasteiger partial charge in [0.15, 0.2) is 0 Å². The molecule has 0 aromatic heterocycles. The van der Waals surface area contributed by atoms with Gasteiger partial charge in [0.1, 0.15) is 5.84 Å². The van der Waals surface area contributed by atoms with Crippen molar-refractivity contribution in [2.75, 3.05) is 0 Å². The molecule has 1 heterocycles. The molecule has 2 atom stereocenters. The fourth-order valence-corrected chi connectivity index (χ4v) is 3.18. The lowest BCUT2D eigenvalue weighted by Gasteiger charge is -2.26. The van der Waals surface area contributed by atoms with Crippen LogP contribution in [0.15, 0.2) is 29.3 Å². The number of hydrogen-bond acceptors (Lipinski definition) is 2. The van der Waals surface area contributed by atoms with E-state index in [1.807, 2.05) is 0 Å². The standard InChI is InChI=1S/C17H24N2/c1-17(2,3)16-18-14-11-7-5-9-12-8-4-6-10-13(12)15(14)19-16/h4,6,8,10,14-15H,5,7,9,11H2,1-3H3,(H,18,19). The zero-order valence-electron chi connectivity index (χ0n) is 12.2. The summed E-state index contributed by atoms with van der Waals surface area (Å²) in [5.74, 6) is 1.18. The fourth-order valence-electron chi connectivity index (χ4n) is 3.18. The third-order valence-electron chi connectivity index (χ3n) is 4.27. The van der Waals surface area contributed by atoms with Gasteiger partial charge in [-0.05, 0) is 30.4 Å². The van der Waals surface area contributed by atoms with Crippen LogP contribution in [0.1, 0.15) is 57.2 Å². The first kappa shape index (κ1) is 12.7. The SMILES string of the molecule is CC(C)(C)C1=NC2CCCCc3ccccc3C2N1. The van der Waals surface area contributed by atoms with Gasteiger partial charge < -0.3 is 5.32 Å². The number of rotatable bonds is 0. The molecule has 1 aromatic rings. The van der Waals surface area contributed by atoms with E-state index in [-0.39, 0.29) is 5.41 Å². The van der Waals surface area contributed by atoms with E-state index in [9.17, 15) is 0 Å². The van der Waals surface area contributed by atoms with Crippen molar-refractivity contribution < 1.29 is 0 Å². The monoisotopic (exact) mass is 256 g/mol. The summed E-state index contributed by atoms with van der Waals surface area (Å²) in [7, 11) is 0. The van der Waals surface area contributed by atoms with Gasteiger partial charge in [-0.3, -0.25) is 4.99 Å². The number of aliphatic imine (C=N–C) groups is 1. The van der Waals surface area contributed by atoms with Crippen LogP contribution in [-0.4, -0.2) is 11.9 Å². The van der Waals surface area contributed by atoms with Gasteiger partial charge in [0.2, 0.25) is 0 Å². The second kappa shape index (κ2) is 4.66. The quantitative estimate of drug-likeness (QED) is 0.748. The minimum Gasteiger partial charge on any atom is -0.364 e. The van der Waals surface area contributed by atoms with Gasteiger partial charge in [-0.2, -0.15) is 0 Å². The summed E-state index contributed by atoms with van der Waals surface area (Å²) in [5, 5.41) is 3.71. The Morgan fingerprint density at radius 1 is 1.16 bits per heavy atom. The van der Waals surface area contributed by atoms with Crippen molar-refractivity contribution in [1.82, 2.24) is 5.32 Å². The second-order valence-corrected chi connectivity index (χ2v) is 6.86. The van der Waals surface area contributed by atoms with Crippen molar-refractivity contribution in [2.24, 2.45) is 10.4 Å². The Balaban J connectivity index is 1.97. The van der Waals surface area contributed by atoms with Crippen molar-refractivity contribution in [3.63, 3.8) is 0 Å². The fraction of sp³-hybridized carbons (Fsp3) is 0.588. The number of nitrogens with one attached hydrogen (secondary N) is 1. The molecule has 2 unspecified atom stereocenters. The first-order chi connectivity index (χ1) is 9.05. The molecule has 0 fully saturated rings. The predicted octanol–water partition coefficient (Wildman–Crippen LogP) is 3.87. The van der Waals surface area contributed by atoms with E-state index in [1.165, 1.54) is 42.6 Å². The summed E-state index contributed by atoms with van der Waals surface area (Å²) in [6, 6.07) is 9.71. The Labute approximate surface area is 116 Å². The number of hydrogen-bond donors (Lipinski definition) is 1. The largest absolute Gasteiger partial charge is 0.364 e. The maximum Gasteiger partial charge on any atom is 0.103 e. The molecule has 1 aliphatic heterocycles. The molecule has 0 radical (unpaired) electrons. The average Bonchev–Trinajstić information content (AvgIpc) is 2.75. The van der Waals surface area contributed by atoms with Crippen LogP contribution in [-0.2, 0) is 6.42 Å². The maximum absolute atomic E-state index is 4.99. The van der Waals surface area contributed by atoms with Crippen LogP contribution in [0.4, 0.5) is 0 Å². The average molecular weight is 256 g/mol. The van der Waals surface area contributed by atoms with E-state index in [1.54, 1.807) is 0 Å². The molecule has 0 spiro atoms. The van der Waals surface area contributed by atoms with Crippen LogP contribution in [0.3, 0.4) is 0 Å². The number of amidine groups is 1. The Morgan fingerprint density at radius 2 is 1.95 bits per heavy atom. The molecular weight excluding hydrogens is 232 g/mol. The molecule has 102 valence electrons. The highest BCUT2D eigenvalue weighted by atomic mass is 15.1. The molecule has 3 rings (SSSR count). The normalized spacial score (nSPS) is 26.6. The highest BCUT2D eigenvalue weighted by Gasteiger charge is 2.35. The summed E-state index contributed by atoms with van der Waals surface area (Å²) in [4.78, 5) is 4.99. The number of aryl methyl sites for hydroxylation is 1. The van der Waals surface area contributed by atoms with Crippen molar-refractivity contribution >= 4 is 5.84 Å². The summed E-state index contributed by atoms with van der Waals surface area (Å²) in [6.07, 6.45) is 5.01. The van der Waals surface area contributed by atoms with Gasteiger partial charge in [0.05, 0.1) is 12.1 Å². The van der Waals surface area contributed by atoms with Gasteiger partial charge in [-0.15, -0.1) is 0 Å². The summed E-state index contributed by atoms with van der Waals surface area (Å²) in [6.45, 7) is 6.72. The topological polar surface area (TPSA) is 24.4 Å². The Hall–Kier alpha value is -1.31. The van der Waals surface area contributed by atoms with E-state index >= 15 is 0 Å². The number of nitrogens with zero attached hydrogens (tertiary/aromatic N) is 1. The summed E-state index contributed by atoms with van der Waals surface area (Å²) < 4.78 is 0. The van der Waals surface area contributed by atoms with Gasteiger partial charge >= 0.3 is 0 Å². The van der Waals surface area contributed by atoms with Crippen molar-refractivity contribution in [2.45, 2.75) is 58.5 Å². The zero-order valence-corrected chi connectivity index (χ0v) is 12.2. The van der Waals surface area contributed by atoms with Crippen molar-refractivity contribution in [3.05, 3.63) is 35.4 Å². The van der Waals surface area contributed by atoms with Crippen LogP contribution in [0, 0.1) is 5.41 Å². The lowest BCUT2D eigenvalue weighted by Crippen LogP contribution is -2.35. The Bertz CT molecular complexity index is 496. The molecule has 0 bridgehead atoms. The number of fused-ring (bicyclic) bond motifs is 3. The van der Waals surface area contributed by atoms with Gasteiger partial charge in [-0.25, -0.2) is 0 Å². The molecule has 1 aromatic carbocycles. The molecular formula is C17H24N2. The molecule has 19 heavy (non-hydrogen) atoms. The first-order valence-electron chi connectivity index (χ1n) is 7.48. The predicted molar refractivity (Wildman–Crippen MR) is 80.6 cm³/mol. The summed E-state index contributed by atoms with van der Waals surface area (Å²) >= 11 is 0. The molecule has 0 saturated heterocycles. The van der Waals surface area contributed by atoms with Gasteiger partial charge in [0.25, 0.3) is 0 Å².